The van der Waals surface area contributed by atoms with Gasteiger partial charge in [-0.3, -0.25) is 0 Å². The molecule has 0 amide bonds. The third-order valence-electron chi connectivity index (χ3n) is 0.909. The van der Waals surface area contributed by atoms with Crippen LogP contribution in [0, 0.1) is 5.92 Å². The topological polar surface area (TPSA) is 34.1 Å². The van der Waals surface area contributed by atoms with Crippen LogP contribution >= 0.6 is 0 Å². The number of allylic oxidation sites excluding steroid dienone is 1. The van der Waals surface area contributed by atoms with Crippen LogP contribution in [-0.4, -0.2) is 14.2 Å². The Balaban J connectivity index is 4.16. The molecule has 0 aliphatic carbocycles. The molecule has 0 aliphatic heterocycles. The predicted molar refractivity (Wildman–Crippen MR) is 43.4 cm³/mol. The van der Waals surface area contributed by atoms with E-state index in [9.17, 15) is 8.42 Å². The largest absolute Gasteiger partial charge is 0.224 e. The molecule has 2 nitrogen and oxygen atoms in total. The first-order valence-corrected chi connectivity index (χ1v) is 5.05. The molecule has 0 aromatic heterocycles. The van der Waals surface area contributed by atoms with E-state index in [0.29, 0.717) is 0 Å². The van der Waals surface area contributed by atoms with Crippen LogP contribution in [-0.2, 0) is 9.84 Å². The maximum atomic E-state index is 11.0. The quantitative estimate of drug-likeness (QED) is 0.631. The van der Waals surface area contributed by atoms with Crippen LogP contribution in [0.15, 0.2) is 11.5 Å². The number of rotatable bonds is 3. The summed E-state index contributed by atoms with van der Waals surface area (Å²) < 4.78 is 21.9. The molecule has 0 aromatic carbocycles. The summed E-state index contributed by atoms with van der Waals surface area (Å²) in [5, 5.41) is 1.26. The minimum atomic E-state index is -2.91. The van der Waals surface area contributed by atoms with Crippen molar-refractivity contribution < 1.29 is 8.42 Å². The Morgan fingerprint density at radius 2 is 1.90 bits per heavy atom. The van der Waals surface area contributed by atoms with Gasteiger partial charge in [0.2, 0.25) is 0 Å². The molecule has 0 bridgehead atoms. The molecule has 0 atom stereocenters. The number of hydrogen-bond acceptors (Lipinski definition) is 2. The van der Waals surface area contributed by atoms with Gasteiger partial charge in [-0.15, -0.1) is 0 Å². The lowest BCUT2D eigenvalue weighted by Crippen LogP contribution is -2.07. The molecule has 0 aliphatic rings. The molecule has 0 N–H and O–H groups in total. The molecule has 0 rings (SSSR count). The van der Waals surface area contributed by atoms with Gasteiger partial charge in [0, 0.05) is 5.41 Å². The summed E-state index contributed by atoms with van der Waals surface area (Å²) >= 11 is 0. The molecular formula is C7H14O2S. The van der Waals surface area contributed by atoms with Crippen molar-refractivity contribution in [3.8, 4) is 0 Å². The van der Waals surface area contributed by atoms with Gasteiger partial charge in [-0.25, -0.2) is 8.42 Å². The van der Waals surface area contributed by atoms with Crippen LogP contribution in [0.3, 0.4) is 0 Å². The molecule has 0 unspecified atom stereocenters. The van der Waals surface area contributed by atoms with Crippen molar-refractivity contribution in [3.05, 3.63) is 11.5 Å². The Kier molecular flexibility index (Phi) is 3.64. The van der Waals surface area contributed by atoms with E-state index in [1.54, 1.807) is 13.0 Å². The summed E-state index contributed by atoms with van der Waals surface area (Å²) in [5.74, 6) is 0.457. The average molecular weight is 162 g/mol. The first-order chi connectivity index (χ1) is 4.48. The van der Waals surface area contributed by atoms with Crippen molar-refractivity contribution in [1.29, 1.82) is 0 Å². The van der Waals surface area contributed by atoms with Gasteiger partial charge in [0.05, 0.1) is 5.75 Å². The minimum absolute atomic E-state index is 0.209. The fourth-order valence-corrected chi connectivity index (χ4v) is 2.18. The molecule has 0 radical (unpaired) electrons. The van der Waals surface area contributed by atoms with E-state index in [0.717, 1.165) is 0 Å². The molecule has 0 fully saturated rings. The van der Waals surface area contributed by atoms with Crippen LogP contribution < -0.4 is 0 Å². The first kappa shape index (κ1) is 9.69. The highest BCUT2D eigenvalue weighted by molar-refractivity contribution is 7.94. The average Bonchev–Trinajstić information content (AvgIpc) is 1.59. The van der Waals surface area contributed by atoms with Crippen LogP contribution in [0.25, 0.3) is 0 Å². The predicted octanol–water partition coefficient (Wildman–Crippen LogP) is 1.59. The zero-order chi connectivity index (χ0) is 8.20. The van der Waals surface area contributed by atoms with E-state index in [4.69, 9.17) is 0 Å². The maximum Gasteiger partial charge on any atom is 0.171 e. The van der Waals surface area contributed by atoms with Gasteiger partial charge in [0.15, 0.2) is 9.84 Å². The molecule has 60 valence electrons. The third kappa shape index (κ3) is 4.56. The van der Waals surface area contributed by atoms with E-state index in [1.165, 1.54) is 5.41 Å². The van der Waals surface area contributed by atoms with Crippen molar-refractivity contribution in [1.82, 2.24) is 0 Å². The lowest BCUT2D eigenvalue weighted by atomic mass is 10.3. The second-order valence-corrected chi connectivity index (χ2v) is 4.62. The molecule has 0 spiro atoms. The molecule has 0 saturated heterocycles. The fourth-order valence-electron chi connectivity index (χ4n) is 0.728. The highest BCUT2D eigenvalue weighted by Crippen LogP contribution is 2.01. The van der Waals surface area contributed by atoms with Crippen LogP contribution in [0.5, 0.6) is 0 Å². The van der Waals surface area contributed by atoms with E-state index in [1.807, 2.05) is 13.8 Å². The third-order valence-corrected chi connectivity index (χ3v) is 2.73. The van der Waals surface area contributed by atoms with E-state index >= 15 is 0 Å². The zero-order valence-corrected chi connectivity index (χ0v) is 7.48. The van der Waals surface area contributed by atoms with Gasteiger partial charge in [-0.1, -0.05) is 19.9 Å². The molecule has 0 aromatic rings. The van der Waals surface area contributed by atoms with E-state index < -0.39 is 9.84 Å². The second kappa shape index (κ2) is 3.76. The summed E-state index contributed by atoms with van der Waals surface area (Å²) in [5.41, 5.74) is 0. The Labute approximate surface area is 62.9 Å². The Morgan fingerprint density at radius 1 is 1.40 bits per heavy atom. The maximum absolute atomic E-state index is 11.0. The first-order valence-electron chi connectivity index (χ1n) is 3.33. The summed E-state index contributed by atoms with van der Waals surface area (Å²) in [7, 11) is -2.91. The molecule has 3 heteroatoms. The summed E-state index contributed by atoms with van der Waals surface area (Å²) in [6.45, 7) is 5.49. The van der Waals surface area contributed by atoms with Gasteiger partial charge >= 0.3 is 0 Å². The second-order valence-electron chi connectivity index (χ2n) is 2.69. The van der Waals surface area contributed by atoms with Gasteiger partial charge in [-0.2, -0.15) is 0 Å². The van der Waals surface area contributed by atoms with Crippen LogP contribution in [0.1, 0.15) is 20.8 Å². The van der Waals surface area contributed by atoms with Crippen molar-refractivity contribution >= 4 is 9.84 Å². The number of hydrogen-bond donors (Lipinski definition) is 0. The molecular weight excluding hydrogens is 148 g/mol. The summed E-state index contributed by atoms with van der Waals surface area (Å²) in [6.07, 6.45) is 1.55. The minimum Gasteiger partial charge on any atom is -0.224 e. The van der Waals surface area contributed by atoms with Crippen molar-refractivity contribution in [2.45, 2.75) is 20.8 Å². The van der Waals surface area contributed by atoms with Gasteiger partial charge in [0.25, 0.3) is 0 Å². The van der Waals surface area contributed by atoms with Crippen LogP contribution in [0.2, 0.25) is 0 Å². The van der Waals surface area contributed by atoms with Crippen molar-refractivity contribution in [2.24, 2.45) is 5.92 Å². The highest BCUT2D eigenvalue weighted by atomic mass is 32.2. The Morgan fingerprint density at radius 3 is 2.20 bits per heavy atom. The SMILES string of the molecule is C/C=C/S(=O)(=O)CC(C)C. The monoisotopic (exact) mass is 162 g/mol. The zero-order valence-electron chi connectivity index (χ0n) is 6.66. The smallest absolute Gasteiger partial charge is 0.171 e. The summed E-state index contributed by atoms with van der Waals surface area (Å²) in [4.78, 5) is 0. The normalized spacial score (nSPS) is 13.2. The molecule has 0 saturated carbocycles. The summed E-state index contributed by atoms with van der Waals surface area (Å²) in [6, 6.07) is 0. The molecule has 10 heavy (non-hydrogen) atoms. The Bertz CT molecular complexity index is 200. The number of sulfone groups is 1. The van der Waals surface area contributed by atoms with E-state index in [-0.39, 0.29) is 11.7 Å². The van der Waals surface area contributed by atoms with Crippen molar-refractivity contribution in [2.75, 3.05) is 5.75 Å². The van der Waals surface area contributed by atoms with E-state index in [2.05, 4.69) is 0 Å². The highest BCUT2D eigenvalue weighted by Gasteiger charge is 2.07. The van der Waals surface area contributed by atoms with Gasteiger partial charge in [0.1, 0.15) is 0 Å². The lowest BCUT2D eigenvalue weighted by Gasteiger charge is -2.00. The molecule has 0 heterocycles. The lowest BCUT2D eigenvalue weighted by molar-refractivity contribution is 0.591. The van der Waals surface area contributed by atoms with Gasteiger partial charge < -0.3 is 0 Å². The standard InChI is InChI=1S/C7H14O2S/c1-4-5-10(8,9)6-7(2)3/h4-5,7H,6H2,1-3H3/b5-4+. The fraction of sp³-hybridized carbons (Fsp3) is 0.714. The van der Waals surface area contributed by atoms with Crippen LogP contribution in [0.4, 0.5) is 0 Å². The Hall–Kier alpha value is -0.310. The van der Waals surface area contributed by atoms with Gasteiger partial charge in [-0.05, 0) is 12.8 Å². The van der Waals surface area contributed by atoms with Crippen molar-refractivity contribution in [3.63, 3.8) is 0 Å².